The van der Waals surface area contributed by atoms with Crippen LogP contribution in [0.4, 0.5) is 0 Å². The lowest BCUT2D eigenvalue weighted by Gasteiger charge is -2.33. The number of benzene rings is 2. The molecule has 1 N–H and O–H groups in total. The molecule has 1 aliphatic heterocycles. The van der Waals surface area contributed by atoms with Gasteiger partial charge in [-0.25, -0.2) is 0 Å². The zero-order chi connectivity index (χ0) is 19.2. The summed E-state index contributed by atoms with van der Waals surface area (Å²) in [7, 11) is 1.72. The average Bonchev–Trinajstić information content (AvgIpc) is 2.67. The SMILES string of the molecule is COCC1CCN(C(=O)C[C@H](c2cccc(O)c2)c2ccccc2Cl)CC1. The topological polar surface area (TPSA) is 49.8 Å². The fourth-order valence-electron chi connectivity index (χ4n) is 3.80. The lowest BCUT2D eigenvalue weighted by Crippen LogP contribution is -2.40. The van der Waals surface area contributed by atoms with Gasteiger partial charge in [0.1, 0.15) is 5.75 Å². The lowest BCUT2D eigenvalue weighted by molar-refractivity contribution is -0.133. The maximum Gasteiger partial charge on any atom is 0.223 e. The molecule has 4 nitrogen and oxygen atoms in total. The molecule has 2 aromatic carbocycles. The van der Waals surface area contributed by atoms with Crippen LogP contribution in [-0.2, 0) is 9.53 Å². The Morgan fingerprint density at radius 2 is 1.96 bits per heavy atom. The number of ether oxygens (including phenoxy) is 1. The van der Waals surface area contributed by atoms with Crippen molar-refractivity contribution in [2.24, 2.45) is 5.92 Å². The van der Waals surface area contributed by atoms with Crippen LogP contribution in [0.15, 0.2) is 48.5 Å². The minimum atomic E-state index is -0.185. The molecule has 2 aromatic rings. The molecule has 0 bridgehead atoms. The molecular formula is C22H26ClNO3. The number of likely N-dealkylation sites (tertiary alicyclic amines) is 1. The fraction of sp³-hybridized carbons (Fsp3) is 0.409. The normalized spacial score (nSPS) is 16.3. The highest BCUT2D eigenvalue weighted by Crippen LogP contribution is 2.35. The van der Waals surface area contributed by atoms with Gasteiger partial charge in [0.25, 0.3) is 0 Å². The molecule has 1 amide bonds. The van der Waals surface area contributed by atoms with Gasteiger partial charge in [0.05, 0.1) is 0 Å². The van der Waals surface area contributed by atoms with Crippen LogP contribution < -0.4 is 0 Å². The van der Waals surface area contributed by atoms with Crippen molar-refractivity contribution in [1.82, 2.24) is 4.90 Å². The number of piperidine rings is 1. The first kappa shape index (κ1) is 19.7. The molecule has 27 heavy (non-hydrogen) atoms. The first-order chi connectivity index (χ1) is 13.1. The summed E-state index contributed by atoms with van der Waals surface area (Å²) in [6.45, 7) is 2.29. The maximum absolute atomic E-state index is 13.0. The molecule has 1 heterocycles. The number of rotatable bonds is 6. The molecule has 0 unspecified atom stereocenters. The number of nitrogens with zero attached hydrogens (tertiary/aromatic N) is 1. The van der Waals surface area contributed by atoms with Crippen molar-refractivity contribution in [2.45, 2.75) is 25.2 Å². The number of phenols is 1. The van der Waals surface area contributed by atoms with Gasteiger partial charge in [-0.15, -0.1) is 0 Å². The number of hydrogen-bond acceptors (Lipinski definition) is 3. The highest BCUT2D eigenvalue weighted by molar-refractivity contribution is 6.31. The van der Waals surface area contributed by atoms with E-state index >= 15 is 0 Å². The molecule has 0 aromatic heterocycles. The quantitative estimate of drug-likeness (QED) is 0.796. The molecule has 0 saturated carbocycles. The number of carbonyl (C=O) groups excluding carboxylic acids is 1. The van der Waals surface area contributed by atoms with Gasteiger partial charge in [-0.2, -0.15) is 0 Å². The Bertz CT molecular complexity index is 772. The van der Waals surface area contributed by atoms with E-state index in [0.717, 1.165) is 43.7 Å². The van der Waals surface area contributed by atoms with Gasteiger partial charge >= 0.3 is 0 Å². The van der Waals surface area contributed by atoms with Gasteiger partial charge in [-0.1, -0.05) is 41.9 Å². The van der Waals surface area contributed by atoms with Gasteiger partial charge < -0.3 is 14.7 Å². The summed E-state index contributed by atoms with van der Waals surface area (Å²) in [4.78, 5) is 14.9. The molecule has 5 heteroatoms. The van der Waals surface area contributed by atoms with Gasteiger partial charge in [0, 0.05) is 44.2 Å². The van der Waals surface area contributed by atoms with Crippen LogP contribution in [0.25, 0.3) is 0 Å². The molecule has 1 saturated heterocycles. The summed E-state index contributed by atoms with van der Waals surface area (Å²) in [6.07, 6.45) is 2.28. The largest absolute Gasteiger partial charge is 0.508 e. The second kappa shape index (κ2) is 9.25. The van der Waals surface area contributed by atoms with Crippen LogP contribution in [0, 0.1) is 5.92 Å². The summed E-state index contributed by atoms with van der Waals surface area (Å²) >= 11 is 6.43. The number of methoxy groups -OCH3 is 1. The maximum atomic E-state index is 13.0. The molecule has 0 radical (unpaired) electrons. The van der Waals surface area contributed by atoms with E-state index in [0.29, 0.717) is 17.4 Å². The van der Waals surface area contributed by atoms with Crippen LogP contribution in [0.5, 0.6) is 5.75 Å². The molecular weight excluding hydrogens is 362 g/mol. The van der Waals surface area contributed by atoms with Gasteiger partial charge in [-0.05, 0) is 48.1 Å². The summed E-state index contributed by atoms with van der Waals surface area (Å²) in [6, 6.07) is 14.7. The first-order valence-corrected chi connectivity index (χ1v) is 9.76. The molecule has 1 fully saturated rings. The third-order valence-corrected chi connectivity index (χ3v) is 5.65. The van der Waals surface area contributed by atoms with E-state index < -0.39 is 0 Å². The minimum absolute atomic E-state index is 0.124. The smallest absolute Gasteiger partial charge is 0.223 e. The molecule has 0 aliphatic carbocycles. The van der Waals surface area contributed by atoms with Crippen LogP contribution in [0.3, 0.4) is 0 Å². The van der Waals surface area contributed by atoms with Gasteiger partial charge in [0.2, 0.25) is 5.91 Å². The Balaban J connectivity index is 1.78. The zero-order valence-electron chi connectivity index (χ0n) is 15.6. The van der Waals surface area contributed by atoms with E-state index in [-0.39, 0.29) is 17.6 Å². The number of halogens is 1. The second-order valence-corrected chi connectivity index (χ2v) is 7.56. The number of aromatic hydroxyl groups is 1. The van der Waals surface area contributed by atoms with E-state index in [1.807, 2.05) is 35.2 Å². The van der Waals surface area contributed by atoms with Crippen molar-refractivity contribution < 1.29 is 14.6 Å². The van der Waals surface area contributed by atoms with Crippen LogP contribution in [0.1, 0.15) is 36.3 Å². The van der Waals surface area contributed by atoms with Crippen molar-refractivity contribution in [1.29, 1.82) is 0 Å². The zero-order valence-corrected chi connectivity index (χ0v) is 16.4. The minimum Gasteiger partial charge on any atom is -0.508 e. The van der Waals surface area contributed by atoms with Crippen molar-refractivity contribution >= 4 is 17.5 Å². The highest BCUT2D eigenvalue weighted by atomic mass is 35.5. The summed E-state index contributed by atoms with van der Waals surface area (Å²) < 4.78 is 5.24. The Morgan fingerprint density at radius 1 is 1.22 bits per heavy atom. The van der Waals surface area contributed by atoms with Crippen molar-refractivity contribution in [3.05, 3.63) is 64.7 Å². The van der Waals surface area contributed by atoms with E-state index in [9.17, 15) is 9.90 Å². The summed E-state index contributed by atoms with van der Waals surface area (Å²) in [5.41, 5.74) is 1.80. The molecule has 144 valence electrons. The van der Waals surface area contributed by atoms with E-state index in [4.69, 9.17) is 16.3 Å². The van der Waals surface area contributed by atoms with Crippen molar-refractivity contribution in [3.63, 3.8) is 0 Å². The molecule has 1 aliphatic rings. The van der Waals surface area contributed by atoms with Gasteiger partial charge in [0.15, 0.2) is 0 Å². The lowest BCUT2D eigenvalue weighted by atomic mass is 9.87. The third kappa shape index (κ3) is 5.02. The van der Waals surface area contributed by atoms with Crippen LogP contribution >= 0.6 is 11.6 Å². The predicted molar refractivity (Wildman–Crippen MR) is 107 cm³/mol. The molecule has 1 atom stereocenters. The second-order valence-electron chi connectivity index (χ2n) is 7.15. The van der Waals surface area contributed by atoms with E-state index in [1.165, 1.54) is 0 Å². The summed E-state index contributed by atoms with van der Waals surface area (Å²) in [5.74, 6) is 0.663. The Kier molecular flexibility index (Phi) is 6.75. The average molecular weight is 388 g/mol. The number of phenolic OH excluding ortho intramolecular Hbond substituents is 1. The molecule has 3 rings (SSSR count). The van der Waals surface area contributed by atoms with E-state index in [2.05, 4.69) is 0 Å². The standard InChI is InChI=1S/C22H26ClNO3/c1-27-15-16-9-11-24(12-10-16)22(26)14-20(17-5-4-6-18(25)13-17)19-7-2-3-8-21(19)23/h2-8,13,16,20,25H,9-12,14-15H2,1H3/t20-/m1/s1. The fourth-order valence-corrected chi connectivity index (χ4v) is 4.06. The van der Waals surface area contributed by atoms with Crippen molar-refractivity contribution in [2.75, 3.05) is 26.8 Å². The Hall–Kier alpha value is -2.04. The predicted octanol–water partition coefficient (Wildman–Crippen LogP) is 4.45. The number of hydrogen-bond donors (Lipinski definition) is 1. The Labute approximate surface area is 165 Å². The van der Waals surface area contributed by atoms with Crippen molar-refractivity contribution in [3.8, 4) is 5.75 Å². The Morgan fingerprint density at radius 3 is 2.63 bits per heavy atom. The molecule has 0 spiro atoms. The monoisotopic (exact) mass is 387 g/mol. The van der Waals surface area contributed by atoms with Gasteiger partial charge in [-0.3, -0.25) is 4.79 Å². The first-order valence-electron chi connectivity index (χ1n) is 9.38. The highest BCUT2D eigenvalue weighted by Gasteiger charge is 2.27. The third-order valence-electron chi connectivity index (χ3n) is 5.30. The van der Waals surface area contributed by atoms with Crippen LogP contribution in [0.2, 0.25) is 5.02 Å². The van der Waals surface area contributed by atoms with E-state index in [1.54, 1.807) is 25.3 Å². The van der Waals surface area contributed by atoms with Crippen LogP contribution in [-0.4, -0.2) is 42.7 Å². The summed E-state index contributed by atoms with van der Waals surface area (Å²) in [5, 5.41) is 10.5. The number of carbonyl (C=O) groups is 1. The number of amides is 1.